The Balaban J connectivity index is 2.34. The third-order valence-electron chi connectivity index (χ3n) is 4.66. The second-order valence-electron chi connectivity index (χ2n) is 5.98. The first-order chi connectivity index (χ1) is 11.4. The lowest BCUT2D eigenvalue weighted by atomic mass is 9.93. The molecule has 4 aromatic carbocycles. The quantitative estimate of drug-likeness (QED) is 0.216. The number of anilines is 6. The molecule has 4 rings (SSSR count). The van der Waals surface area contributed by atoms with Gasteiger partial charge in [-0.3, -0.25) is 0 Å². The summed E-state index contributed by atoms with van der Waals surface area (Å²) in [5.74, 6) is 0. The molecule has 0 saturated carbocycles. The van der Waals surface area contributed by atoms with E-state index in [1.807, 2.05) is 36.4 Å². The Kier molecular flexibility index (Phi) is 2.63. The molecule has 120 valence electrons. The molecular weight excluding hydrogens is 300 g/mol. The maximum absolute atomic E-state index is 6.42. The summed E-state index contributed by atoms with van der Waals surface area (Å²) in [4.78, 5) is 0. The number of rotatable bonds is 0. The Morgan fingerprint density at radius 3 is 1.88 bits per heavy atom. The summed E-state index contributed by atoms with van der Waals surface area (Å²) in [7, 11) is 0. The van der Waals surface area contributed by atoms with E-state index in [4.69, 9.17) is 34.4 Å². The van der Waals surface area contributed by atoms with Crippen LogP contribution in [0.25, 0.3) is 32.3 Å². The first kappa shape index (κ1) is 14.1. The molecule has 0 aliphatic rings. The zero-order chi connectivity index (χ0) is 17.2. The molecule has 24 heavy (non-hydrogen) atoms. The standard InChI is InChI=1S/C18H18N6/c19-13-9-4-2-1-3-7(9)5-8-6-10-12(15(21)11(8)13)16(22)18(24)17(23)14(10)20/h1-6H,19-24H2. The van der Waals surface area contributed by atoms with Crippen LogP contribution >= 0.6 is 0 Å². The van der Waals surface area contributed by atoms with Crippen molar-refractivity contribution >= 4 is 66.4 Å². The van der Waals surface area contributed by atoms with Crippen molar-refractivity contribution in [3.05, 3.63) is 36.4 Å². The van der Waals surface area contributed by atoms with Gasteiger partial charge in [-0.2, -0.15) is 0 Å². The first-order valence-corrected chi connectivity index (χ1v) is 7.46. The van der Waals surface area contributed by atoms with Crippen LogP contribution in [0.15, 0.2) is 36.4 Å². The van der Waals surface area contributed by atoms with Crippen molar-refractivity contribution < 1.29 is 0 Å². The van der Waals surface area contributed by atoms with Crippen LogP contribution in [0, 0.1) is 0 Å². The van der Waals surface area contributed by atoms with Gasteiger partial charge in [0.25, 0.3) is 0 Å². The van der Waals surface area contributed by atoms with Crippen LogP contribution in [0.3, 0.4) is 0 Å². The molecule has 0 heterocycles. The van der Waals surface area contributed by atoms with E-state index in [1.165, 1.54) is 0 Å². The van der Waals surface area contributed by atoms with Gasteiger partial charge in [0, 0.05) is 27.2 Å². The number of nitrogens with two attached hydrogens (primary N) is 6. The predicted molar refractivity (Wildman–Crippen MR) is 105 cm³/mol. The smallest absolute Gasteiger partial charge is 0.0810 e. The summed E-state index contributed by atoms with van der Waals surface area (Å²) in [6.07, 6.45) is 0. The summed E-state index contributed by atoms with van der Waals surface area (Å²) < 4.78 is 0. The molecule has 0 spiro atoms. The normalized spacial score (nSPS) is 11.5. The molecule has 0 bridgehead atoms. The van der Waals surface area contributed by atoms with E-state index < -0.39 is 0 Å². The van der Waals surface area contributed by atoms with Crippen LogP contribution in [0.5, 0.6) is 0 Å². The molecule has 6 nitrogen and oxygen atoms in total. The molecule has 4 aromatic rings. The Bertz CT molecular complexity index is 1160. The van der Waals surface area contributed by atoms with Crippen LogP contribution in [-0.4, -0.2) is 0 Å². The average Bonchev–Trinajstić information content (AvgIpc) is 2.57. The summed E-state index contributed by atoms with van der Waals surface area (Å²) >= 11 is 0. The second-order valence-corrected chi connectivity index (χ2v) is 5.98. The van der Waals surface area contributed by atoms with Crippen molar-refractivity contribution in [2.45, 2.75) is 0 Å². The average molecular weight is 318 g/mol. The van der Waals surface area contributed by atoms with Crippen molar-refractivity contribution in [3.63, 3.8) is 0 Å². The third-order valence-corrected chi connectivity index (χ3v) is 4.66. The fourth-order valence-electron chi connectivity index (χ4n) is 3.38. The van der Waals surface area contributed by atoms with Gasteiger partial charge in [0.15, 0.2) is 0 Å². The minimum absolute atomic E-state index is 0.241. The van der Waals surface area contributed by atoms with Crippen molar-refractivity contribution in [1.29, 1.82) is 0 Å². The number of fused-ring (bicyclic) bond motifs is 3. The van der Waals surface area contributed by atoms with E-state index >= 15 is 0 Å². The van der Waals surface area contributed by atoms with E-state index in [-0.39, 0.29) is 11.4 Å². The van der Waals surface area contributed by atoms with E-state index in [0.29, 0.717) is 33.5 Å². The van der Waals surface area contributed by atoms with Gasteiger partial charge in [-0.05, 0) is 22.9 Å². The highest BCUT2D eigenvalue weighted by Gasteiger charge is 2.18. The van der Waals surface area contributed by atoms with Crippen LogP contribution < -0.4 is 34.4 Å². The first-order valence-electron chi connectivity index (χ1n) is 7.46. The maximum Gasteiger partial charge on any atom is 0.0810 e. The fourth-order valence-corrected chi connectivity index (χ4v) is 3.38. The van der Waals surface area contributed by atoms with Gasteiger partial charge in [0.05, 0.1) is 28.4 Å². The molecule has 0 aromatic heterocycles. The molecular formula is C18H18N6. The summed E-state index contributed by atoms with van der Waals surface area (Å²) in [6.45, 7) is 0. The second kappa shape index (κ2) is 4.48. The Morgan fingerprint density at radius 1 is 0.458 bits per heavy atom. The number of benzene rings is 4. The van der Waals surface area contributed by atoms with Crippen molar-refractivity contribution in [1.82, 2.24) is 0 Å². The van der Waals surface area contributed by atoms with E-state index in [0.717, 1.165) is 21.5 Å². The number of hydrogen-bond donors (Lipinski definition) is 6. The van der Waals surface area contributed by atoms with E-state index in [9.17, 15) is 0 Å². The minimum Gasteiger partial charge on any atom is -0.398 e. The van der Waals surface area contributed by atoms with E-state index in [1.54, 1.807) is 0 Å². The lowest BCUT2D eigenvalue weighted by Crippen LogP contribution is -2.07. The molecule has 0 aliphatic carbocycles. The summed E-state index contributed by atoms with van der Waals surface area (Å²) in [6, 6.07) is 11.8. The Morgan fingerprint density at radius 2 is 1.12 bits per heavy atom. The van der Waals surface area contributed by atoms with Gasteiger partial charge >= 0.3 is 0 Å². The number of hydrogen-bond acceptors (Lipinski definition) is 6. The van der Waals surface area contributed by atoms with Crippen molar-refractivity contribution in [2.24, 2.45) is 0 Å². The molecule has 0 radical (unpaired) electrons. The largest absolute Gasteiger partial charge is 0.398 e. The molecule has 0 amide bonds. The molecule has 0 unspecified atom stereocenters. The zero-order valence-corrected chi connectivity index (χ0v) is 12.9. The SMILES string of the molecule is Nc1c(N)c(N)c2c(N)c3c(N)c4ccccc4cc3cc2c1N. The van der Waals surface area contributed by atoms with Gasteiger partial charge in [-0.25, -0.2) is 0 Å². The summed E-state index contributed by atoms with van der Waals surface area (Å²) in [5.41, 5.74) is 39.3. The lowest BCUT2D eigenvalue weighted by molar-refractivity contribution is 1.68. The Labute approximate surface area is 138 Å². The topological polar surface area (TPSA) is 156 Å². The molecule has 0 aliphatic heterocycles. The van der Waals surface area contributed by atoms with Gasteiger partial charge in [-0.1, -0.05) is 24.3 Å². The molecule has 0 saturated heterocycles. The van der Waals surface area contributed by atoms with Crippen LogP contribution in [-0.2, 0) is 0 Å². The highest BCUT2D eigenvalue weighted by molar-refractivity contribution is 6.27. The predicted octanol–water partition coefficient (Wildman–Crippen LogP) is 2.64. The number of nitrogen functional groups attached to an aromatic ring is 6. The molecule has 0 atom stereocenters. The minimum atomic E-state index is 0.241. The zero-order valence-electron chi connectivity index (χ0n) is 12.9. The molecule has 12 N–H and O–H groups in total. The van der Waals surface area contributed by atoms with Gasteiger partial charge < -0.3 is 34.4 Å². The maximum atomic E-state index is 6.42. The van der Waals surface area contributed by atoms with Gasteiger partial charge in [-0.15, -0.1) is 0 Å². The Hall–Kier alpha value is -3.54. The van der Waals surface area contributed by atoms with Crippen LogP contribution in [0.1, 0.15) is 0 Å². The van der Waals surface area contributed by atoms with Crippen LogP contribution in [0.4, 0.5) is 34.1 Å². The monoisotopic (exact) mass is 318 g/mol. The fraction of sp³-hybridized carbons (Fsp3) is 0. The lowest BCUT2D eigenvalue weighted by Gasteiger charge is -2.17. The van der Waals surface area contributed by atoms with E-state index in [2.05, 4.69) is 0 Å². The van der Waals surface area contributed by atoms with Crippen molar-refractivity contribution in [3.8, 4) is 0 Å². The summed E-state index contributed by atoms with van der Waals surface area (Å²) in [5, 5.41) is 4.86. The van der Waals surface area contributed by atoms with Crippen LogP contribution in [0.2, 0.25) is 0 Å². The van der Waals surface area contributed by atoms with Gasteiger partial charge in [0.1, 0.15) is 0 Å². The molecule has 6 heteroatoms. The molecule has 0 fully saturated rings. The highest BCUT2D eigenvalue weighted by Crippen LogP contribution is 2.46. The highest BCUT2D eigenvalue weighted by atomic mass is 14.8. The van der Waals surface area contributed by atoms with Gasteiger partial charge in [0.2, 0.25) is 0 Å². The third kappa shape index (κ3) is 1.59. The van der Waals surface area contributed by atoms with Crippen molar-refractivity contribution in [2.75, 3.05) is 34.4 Å².